The Morgan fingerprint density at radius 2 is 2.00 bits per heavy atom. The van der Waals surface area contributed by atoms with Gasteiger partial charge in [0, 0.05) is 12.7 Å². The highest BCUT2D eigenvalue weighted by Crippen LogP contribution is 2.10. The molecule has 0 atom stereocenters. The van der Waals surface area contributed by atoms with E-state index in [-0.39, 0.29) is 12.2 Å². The average Bonchev–Trinajstić information content (AvgIpc) is 2.63. The van der Waals surface area contributed by atoms with Gasteiger partial charge in [0.2, 0.25) is 11.9 Å². The van der Waals surface area contributed by atoms with Crippen LogP contribution in [0.5, 0.6) is 0 Å². The number of carboxylic acids is 1. The van der Waals surface area contributed by atoms with Crippen LogP contribution >= 0.6 is 0 Å². The summed E-state index contributed by atoms with van der Waals surface area (Å²) in [4.78, 5) is 13.8. The minimum Gasteiger partial charge on any atom is -0.477 e. The van der Waals surface area contributed by atoms with Crippen molar-refractivity contribution in [2.45, 2.75) is 6.54 Å². The molecule has 2 rings (SSSR count). The summed E-state index contributed by atoms with van der Waals surface area (Å²) in [5.74, 6) is -2.95. The average molecular weight is 238 g/mol. The zero-order chi connectivity index (χ0) is 12.4. The predicted molar refractivity (Wildman–Crippen MR) is 54.6 cm³/mol. The first-order chi connectivity index (χ1) is 8.06. The van der Waals surface area contributed by atoms with Crippen molar-refractivity contribution in [3.8, 4) is 0 Å². The molecule has 0 fully saturated rings. The number of hydrogen-bond acceptors (Lipinski definition) is 2. The topological polar surface area (TPSA) is 55.1 Å². The second-order valence-corrected chi connectivity index (χ2v) is 3.45. The largest absolute Gasteiger partial charge is 0.477 e. The van der Waals surface area contributed by atoms with E-state index in [1.165, 1.54) is 16.8 Å². The first-order valence-electron chi connectivity index (χ1n) is 4.76. The fourth-order valence-electron chi connectivity index (χ4n) is 1.55. The Labute approximate surface area is 95.1 Å². The molecular weight excluding hydrogens is 230 g/mol. The molecule has 17 heavy (non-hydrogen) atoms. The van der Waals surface area contributed by atoms with Crippen molar-refractivity contribution < 1.29 is 18.7 Å². The van der Waals surface area contributed by atoms with Gasteiger partial charge in [0.05, 0.1) is 0 Å². The lowest BCUT2D eigenvalue weighted by molar-refractivity contribution is 0.0685. The summed E-state index contributed by atoms with van der Waals surface area (Å²) in [6, 6.07) is 5.09. The molecule has 0 amide bonds. The normalized spacial score (nSPS) is 10.5. The van der Waals surface area contributed by atoms with E-state index in [2.05, 4.69) is 4.98 Å². The summed E-state index contributed by atoms with van der Waals surface area (Å²) in [7, 11) is 0. The first kappa shape index (κ1) is 11.3. The molecule has 0 saturated heterocycles. The van der Waals surface area contributed by atoms with Gasteiger partial charge in [-0.25, -0.2) is 4.79 Å². The zero-order valence-electron chi connectivity index (χ0n) is 8.60. The number of carboxylic acid groups (broad SMARTS) is 1. The van der Waals surface area contributed by atoms with Crippen molar-refractivity contribution in [2.24, 2.45) is 0 Å². The van der Waals surface area contributed by atoms with E-state index in [9.17, 15) is 13.6 Å². The lowest BCUT2D eigenvalue weighted by Gasteiger charge is -2.06. The van der Waals surface area contributed by atoms with Crippen LogP contribution in [-0.2, 0) is 6.54 Å². The van der Waals surface area contributed by atoms with Gasteiger partial charge in [0.15, 0.2) is 0 Å². The van der Waals surface area contributed by atoms with Crippen molar-refractivity contribution in [2.75, 3.05) is 0 Å². The van der Waals surface area contributed by atoms with Crippen LogP contribution < -0.4 is 0 Å². The van der Waals surface area contributed by atoms with Crippen LogP contribution in [0.4, 0.5) is 8.78 Å². The van der Waals surface area contributed by atoms with E-state index in [1.54, 1.807) is 6.07 Å². The molecule has 0 aliphatic rings. The number of hydrogen-bond donors (Lipinski definition) is 1. The minimum absolute atomic E-state index is 0.0580. The number of pyridine rings is 1. The Morgan fingerprint density at radius 3 is 2.59 bits per heavy atom. The first-order valence-corrected chi connectivity index (χ1v) is 4.76. The number of aromatic carboxylic acids is 1. The van der Waals surface area contributed by atoms with Crippen LogP contribution in [0.2, 0.25) is 0 Å². The Bertz CT molecular complexity index is 546. The summed E-state index contributed by atoms with van der Waals surface area (Å²) >= 11 is 0. The lowest BCUT2D eigenvalue weighted by Crippen LogP contribution is -2.09. The molecular formula is C11H8F2N2O2. The van der Waals surface area contributed by atoms with Gasteiger partial charge in [-0.3, -0.25) is 0 Å². The SMILES string of the molecule is O=C(O)c1cccn1Cc1cc(F)nc(F)c1. The van der Waals surface area contributed by atoms with Crippen LogP contribution in [0, 0.1) is 11.9 Å². The number of halogens is 2. The summed E-state index contributed by atoms with van der Waals surface area (Å²) in [5, 5.41) is 8.86. The molecule has 2 aromatic rings. The van der Waals surface area contributed by atoms with Crippen molar-refractivity contribution in [3.05, 3.63) is 53.6 Å². The zero-order valence-corrected chi connectivity index (χ0v) is 8.60. The quantitative estimate of drug-likeness (QED) is 0.831. The lowest BCUT2D eigenvalue weighted by atomic mass is 10.2. The second kappa shape index (κ2) is 4.32. The molecule has 0 saturated carbocycles. The predicted octanol–water partition coefficient (Wildman–Crippen LogP) is 1.91. The maximum absolute atomic E-state index is 12.8. The van der Waals surface area contributed by atoms with E-state index in [1.807, 2.05) is 0 Å². The van der Waals surface area contributed by atoms with Gasteiger partial charge in [0.1, 0.15) is 5.69 Å². The van der Waals surface area contributed by atoms with E-state index in [0.717, 1.165) is 12.1 Å². The molecule has 1 N–H and O–H groups in total. The molecule has 0 radical (unpaired) electrons. The van der Waals surface area contributed by atoms with Crippen LogP contribution in [0.3, 0.4) is 0 Å². The smallest absolute Gasteiger partial charge is 0.352 e. The van der Waals surface area contributed by atoms with Crippen molar-refractivity contribution in [3.63, 3.8) is 0 Å². The van der Waals surface area contributed by atoms with Gasteiger partial charge in [-0.1, -0.05) is 0 Å². The fraction of sp³-hybridized carbons (Fsp3) is 0.0909. The molecule has 0 unspecified atom stereocenters. The van der Waals surface area contributed by atoms with E-state index >= 15 is 0 Å². The molecule has 0 aromatic carbocycles. The summed E-state index contributed by atoms with van der Waals surface area (Å²) in [6.45, 7) is 0.0744. The van der Waals surface area contributed by atoms with Gasteiger partial charge in [0.25, 0.3) is 0 Å². The van der Waals surface area contributed by atoms with E-state index in [4.69, 9.17) is 5.11 Å². The molecule has 0 bridgehead atoms. The Balaban J connectivity index is 2.31. The molecule has 0 aliphatic carbocycles. The third-order valence-electron chi connectivity index (χ3n) is 2.22. The van der Waals surface area contributed by atoms with E-state index in [0.29, 0.717) is 5.56 Å². The van der Waals surface area contributed by atoms with Crippen molar-refractivity contribution >= 4 is 5.97 Å². The second-order valence-electron chi connectivity index (χ2n) is 3.45. The summed E-state index contributed by atoms with van der Waals surface area (Å²) in [6.07, 6.45) is 1.53. The molecule has 6 heteroatoms. The number of rotatable bonds is 3. The highest BCUT2D eigenvalue weighted by molar-refractivity contribution is 5.85. The van der Waals surface area contributed by atoms with E-state index < -0.39 is 17.9 Å². The highest BCUT2D eigenvalue weighted by Gasteiger charge is 2.10. The highest BCUT2D eigenvalue weighted by atomic mass is 19.1. The Hall–Kier alpha value is -2.24. The van der Waals surface area contributed by atoms with Crippen LogP contribution in [0.1, 0.15) is 16.1 Å². The van der Waals surface area contributed by atoms with Crippen molar-refractivity contribution in [1.29, 1.82) is 0 Å². The Morgan fingerprint density at radius 1 is 1.35 bits per heavy atom. The minimum atomic E-state index is -1.09. The standard InChI is InChI=1S/C11H8F2N2O2/c12-9-4-7(5-10(13)14-9)6-15-3-1-2-8(15)11(16)17/h1-5H,6H2,(H,16,17). The monoisotopic (exact) mass is 238 g/mol. The van der Waals surface area contributed by atoms with Gasteiger partial charge < -0.3 is 9.67 Å². The maximum atomic E-state index is 12.8. The number of aromatic nitrogens is 2. The Kier molecular flexibility index (Phi) is 2.86. The third kappa shape index (κ3) is 2.47. The summed E-state index contributed by atoms with van der Waals surface area (Å²) in [5.41, 5.74) is 0.372. The number of nitrogens with zero attached hydrogens (tertiary/aromatic N) is 2. The van der Waals surface area contributed by atoms with Gasteiger partial charge in [-0.2, -0.15) is 13.8 Å². The summed E-state index contributed by atoms with van der Waals surface area (Å²) < 4.78 is 27.1. The van der Waals surface area contributed by atoms with Gasteiger partial charge >= 0.3 is 5.97 Å². The molecule has 2 heterocycles. The van der Waals surface area contributed by atoms with Crippen LogP contribution in [0.15, 0.2) is 30.5 Å². The number of carbonyl (C=O) groups is 1. The molecule has 88 valence electrons. The van der Waals surface area contributed by atoms with Crippen LogP contribution in [0.25, 0.3) is 0 Å². The molecule has 0 aliphatic heterocycles. The van der Waals surface area contributed by atoms with Gasteiger partial charge in [-0.15, -0.1) is 0 Å². The molecule has 2 aromatic heterocycles. The fourth-order valence-corrected chi connectivity index (χ4v) is 1.55. The van der Waals surface area contributed by atoms with Crippen molar-refractivity contribution in [1.82, 2.24) is 9.55 Å². The van der Waals surface area contributed by atoms with Gasteiger partial charge in [-0.05, 0) is 29.8 Å². The third-order valence-corrected chi connectivity index (χ3v) is 2.22. The molecule has 4 nitrogen and oxygen atoms in total. The molecule has 0 spiro atoms. The van der Waals surface area contributed by atoms with Crippen LogP contribution in [-0.4, -0.2) is 20.6 Å². The maximum Gasteiger partial charge on any atom is 0.352 e.